The van der Waals surface area contributed by atoms with Crippen molar-refractivity contribution in [3.8, 4) is 17.2 Å². The molecular formula is C20H31NO8. The second kappa shape index (κ2) is 11.3. The molecule has 1 aliphatic heterocycles. The van der Waals surface area contributed by atoms with E-state index in [9.17, 15) is 4.79 Å². The number of hydrogen-bond acceptors (Lipinski definition) is 9. The van der Waals surface area contributed by atoms with Crippen molar-refractivity contribution in [2.75, 3.05) is 65.9 Å². The van der Waals surface area contributed by atoms with Crippen molar-refractivity contribution in [2.24, 2.45) is 0 Å². The first-order valence-electron chi connectivity index (χ1n) is 9.72. The average molecular weight is 413 g/mol. The number of Topliss-reactive ketones (excluding diaryl/α,β-unsaturated/α-hetero) is 1. The third-order valence-electron chi connectivity index (χ3n) is 4.68. The van der Waals surface area contributed by atoms with Crippen molar-refractivity contribution in [3.63, 3.8) is 0 Å². The highest BCUT2D eigenvalue weighted by molar-refractivity contribution is 6.03. The van der Waals surface area contributed by atoms with E-state index in [-0.39, 0.29) is 62.7 Å². The van der Waals surface area contributed by atoms with E-state index in [2.05, 4.69) is 4.90 Å². The number of ketones is 1. The molecule has 0 radical (unpaired) electrons. The number of aliphatic hydroxyl groups is 3. The number of hydrogen-bond donors (Lipinski definition) is 3. The Kier molecular flexibility index (Phi) is 9.12. The molecule has 0 aromatic heterocycles. The largest absolute Gasteiger partial charge is 0.487 e. The van der Waals surface area contributed by atoms with Crippen LogP contribution >= 0.6 is 0 Å². The first-order chi connectivity index (χ1) is 14.0. The number of nitrogens with zero attached hydrogens (tertiary/aromatic N) is 1. The predicted molar refractivity (Wildman–Crippen MR) is 105 cm³/mol. The maximum atomic E-state index is 13.4. The van der Waals surface area contributed by atoms with E-state index in [1.807, 2.05) is 13.8 Å². The van der Waals surface area contributed by atoms with Crippen molar-refractivity contribution in [1.82, 2.24) is 4.90 Å². The molecule has 0 bridgehead atoms. The molecule has 1 heterocycles. The van der Waals surface area contributed by atoms with E-state index in [1.54, 1.807) is 12.1 Å². The van der Waals surface area contributed by atoms with Gasteiger partial charge in [0.1, 0.15) is 19.8 Å². The fraction of sp³-hybridized carbons (Fsp3) is 0.650. The molecule has 0 spiro atoms. The first-order valence-corrected chi connectivity index (χ1v) is 9.72. The lowest BCUT2D eigenvalue weighted by molar-refractivity contribution is -0.00432. The molecule has 3 N–H and O–H groups in total. The van der Waals surface area contributed by atoms with Crippen LogP contribution in [0.25, 0.3) is 0 Å². The van der Waals surface area contributed by atoms with Crippen LogP contribution < -0.4 is 14.2 Å². The Morgan fingerprint density at radius 1 is 0.966 bits per heavy atom. The molecule has 0 saturated carbocycles. The second-order valence-electron chi connectivity index (χ2n) is 7.01. The van der Waals surface area contributed by atoms with Gasteiger partial charge in [0.2, 0.25) is 5.75 Å². The molecule has 9 nitrogen and oxygen atoms in total. The van der Waals surface area contributed by atoms with Gasteiger partial charge in [0.05, 0.1) is 38.6 Å². The first kappa shape index (κ1) is 23.4. The van der Waals surface area contributed by atoms with Gasteiger partial charge in [0.25, 0.3) is 0 Å². The Morgan fingerprint density at radius 3 is 1.93 bits per heavy atom. The van der Waals surface area contributed by atoms with Crippen LogP contribution in [0.1, 0.15) is 24.2 Å². The Labute approximate surface area is 170 Å². The van der Waals surface area contributed by atoms with Crippen LogP contribution in [0.15, 0.2) is 12.1 Å². The quantitative estimate of drug-likeness (QED) is 0.410. The van der Waals surface area contributed by atoms with E-state index in [0.29, 0.717) is 31.9 Å². The fourth-order valence-corrected chi connectivity index (χ4v) is 3.14. The summed E-state index contributed by atoms with van der Waals surface area (Å²) in [6.07, 6.45) is 0. The average Bonchev–Trinajstić information content (AvgIpc) is 2.74. The molecular weight excluding hydrogens is 382 g/mol. The van der Waals surface area contributed by atoms with E-state index in [1.165, 1.54) is 0 Å². The fourth-order valence-electron chi connectivity index (χ4n) is 3.14. The summed E-state index contributed by atoms with van der Waals surface area (Å²) in [5.74, 6) is 0.533. The van der Waals surface area contributed by atoms with E-state index < -0.39 is 5.54 Å². The molecule has 1 aromatic rings. The highest BCUT2D eigenvalue weighted by atomic mass is 16.5. The third kappa shape index (κ3) is 6.03. The smallest absolute Gasteiger partial charge is 0.203 e. The predicted octanol–water partition coefficient (Wildman–Crippen LogP) is 0.0934. The van der Waals surface area contributed by atoms with E-state index >= 15 is 0 Å². The van der Waals surface area contributed by atoms with Crippen molar-refractivity contribution in [2.45, 2.75) is 19.4 Å². The molecule has 0 amide bonds. The number of rotatable bonds is 12. The summed E-state index contributed by atoms with van der Waals surface area (Å²) in [5, 5.41) is 27.4. The van der Waals surface area contributed by atoms with Gasteiger partial charge < -0.3 is 34.3 Å². The van der Waals surface area contributed by atoms with E-state index in [0.717, 1.165) is 0 Å². The number of carbonyl (C=O) groups is 1. The molecule has 0 atom stereocenters. The zero-order chi connectivity index (χ0) is 21.3. The topological polar surface area (TPSA) is 118 Å². The molecule has 2 rings (SSSR count). The number of morpholine rings is 1. The van der Waals surface area contributed by atoms with Crippen LogP contribution in [-0.2, 0) is 4.74 Å². The van der Waals surface area contributed by atoms with Crippen LogP contribution in [0.3, 0.4) is 0 Å². The number of ether oxygens (including phenoxy) is 4. The molecule has 1 fully saturated rings. The van der Waals surface area contributed by atoms with Crippen LogP contribution in [-0.4, -0.2) is 97.5 Å². The Bertz CT molecular complexity index is 629. The summed E-state index contributed by atoms with van der Waals surface area (Å²) in [6, 6.07) is 3.11. The second-order valence-corrected chi connectivity index (χ2v) is 7.01. The monoisotopic (exact) mass is 413 g/mol. The third-order valence-corrected chi connectivity index (χ3v) is 4.68. The Hall–Kier alpha value is -1.91. The normalized spacial score (nSPS) is 15.2. The van der Waals surface area contributed by atoms with Crippen LogP contribution in [0, 0.1) is 0 Å². The summed E-state index contributed by atoms with van der Waals surface area (Å²) in [4.78, 5) is 15.4. The van der Waals surface area contributed by atoms with Crippen LogP contribution in [0.5, 0.6) is 17.2 Å². The van der Waals surface area contributed by atoms with Crippen molar-refractivity contribution >= 4 is 5.78 Å². The SMILES string of the molecule is CC(C)(C(=O)c1cc(OCCO)c(OCCO)c(OCCO)c1)N1CCOCC1. The van der Waals surface area contributed by atoms with Gasteiger partial charge in [-0.25, -0.2) is 0 Å². The summed E-state index contributed by atoms with van der Waals surface area (Å²) < 4.78 is 22.1. The molecule has 1 aliphatic rings. The number of aliphatic hydroxyl groups excluding tert-OH is 3. The van der Waals surface area contributed by atoms with Crippen LogP contribution in [0.4, 0.5) is 0 Å². The minimum absolute atomic E-state index is 0.000570. The van der Waals surface area contributed by atoms with Gasteiger partial charge in [-0.2, -0.15) is 0 Å². The molecule has 0 aliphatic carbocycles. The molecule has 9 heteroatoms. The lowest BCUT2D eigenvalue weighted by atomic mass is 9.90. The van der Waals surface area contributed by atoms with Gasteiger partial charge in [-0.05, 0) is 26.0 Å². The highest BCUT2D eigenvalue weighted by Gasteiger charge is 2.37. The summed E-state index contributed by atoms with van der Waals surface area (Å²) in [7, 11) is 0. The molecule has 1 aromatic carbocycles. The zero-order valence-electron chi connectivity index (χ0n) is 17.1. The Balaban J connectivity index is 2.41. The van der Waals surface area contributed by atoms with Crippen molar-refractivity contribution in [1.29, 1.82) is 0 Å². The van der Waals surface area contributed by atoms with Gasteiger partial charge in [-0.3, -0.25) is 9.69 Å². The summed E-state index contributed by atoms with van der Waals surface area (Å²) in [5.41, 5.74) is -0.418. The lowest BCUT2D eigenvalue weighted by Gasteiger charge is -2.39. The zero-order valence-corrected chi connectivity index (χ0v) is 17.1. The molecule has 0 unspecified atom stereocenters. The van der Waals surface area contributed by atoms with Gasteiger partial charge in [-0.15, -0.1) is 0 Å². The maximum absolute atomic E-state index is 13.4. The number of carbonyl (C=O) groups excluding carboxylic acids is 1. The molecule has 29 heavy (non-hydrogen) atoms. The van der Waals surface area contributed by atoms with Crippen LogP contribution in [0.2, 0.25) is 0 Å². The highest BCUT2D eigenvalue weighted by Crippen LogP contribution is 2.40. The number of benzene rings is 1. The molecule has 164 valence electrons. The maximum Gasteiger partial charge on any atom is 0.203 e. The lowest BCUT2D eigenvalue weighted by Crippen LogP contribution is -2.54. The van der Waals surface area contributed by atoms with E-state index in [4.69, 9.17) is 34.3 Å². The minimum atomic E-state index is -0.778. The van der Waals surface area contributed by atoms with Gasteiger partial charge >= 0.3 is 0 Å². The molecule has 1 saturated heterocycles. The van der Waals surface area contributed by atoms with Crippen molar-refractivity contribution < 1.29 is 39.1 Å². The van der Waals surface area contributed by atoms with Gasteiger partial charge in [0, 0.05) is 18.7 Å². The summed E-state index contributed by atoms with van der Waals surface area (Å²) >= 11 is 0. The van der Waals surface area contributed by atoms with Gasteiger partial charge in [-0.1, -0.05) is 0 Å². The Morgan fingerprint density at radius 2 is 1.45 bits per heavy atom. The van der Waals surface area contributed by atoms with Crippen molar-refractivity contribution in [3.05, 3.63) is 17.7 Å². The standard InChI is InChI=1S/C20H31NO8/c1-20(2,21-3-8-26-9-4-21)19(25)15-13-16(27-10-5-22)18(29-12-7-24)17(14-15)28-11-6-23/h13-14,22-24H,3-12H2,1-2H3. The van der Waals surface area contributed by atoms with Gasteiger partial charge in [0.15, 0.2) is 17.3 Å². The summed E-state index contributed by atoms with van der Waals surface area (Å²) in [6.45, 7) is 5.50. The minimum Gasteiger partial charge on any atom is -0.487 e.